The summed E-state index contributed by atoms with van der Waals surface area (Å²) in [5.41, 5.74) is 0.742. The van der Waals surface area contributed by atoms with Crippen molar-refractivity contribution in [2.45, 2.75) is 25.6 Å². The second-order valence-corrected chi connectivity index (χ2v) is 5.01. The van der Waals surface area contributed by atoms with E-state index in [9.17, 15) is 10.1 Å². The Morgan fingerprint density at radius 3 is 2.56 bits per heavy atom. The van der Waals surface area contributed by atoms with Gasteiger partial charge in [0.25, 0.3) is 5.69 Å². The number of alkyl halides is 1. The summed E-state index contributed by atoms with van der Waals surface area (Å²) in [4.78, 5) is 10.4. The van der Waals surface area contributed by atoms with Crippen LogP contribution in [-0.2, 0) is 6.42 Å². The van der Waals surface area contributed by atoms with Gasteiger partial charge < -0.3 is 0 Å². The predicted octanol–water partition coefficient (Wildman–Crippen LogP) is 4.05. The maximum absolute atomic E-state index is 10.8. The lowest BCUT2D eigenvalue weighted by molar-refractivity contribution is -0.385. The molecule has 0 aromatic heterocycles. The molecule has 1 rings (SSSR count). The smallest absolute Gasteiger partial charge is 0.258 e. The first kappa shape index (κ1) is 13.3. The van der Waals surface area contributed by atoms with Crippen molar-refractivity contribution in [2.75, 3.05) is 0 Å². The van der Waals surface area contributed by atoms with Crippen molar-refractivity contribution < 1.29 is 4.92 Å². The minimum Gasteiger partial charge on any atom is -0.258 e. The van der Waals surface area contributed by atoms with Crippen molar-refractivity contribution in [3.05, 3.63) is 38.9 Å². The summed E-state index contributed by atoms with van der Waals surface area (Å²) < 4.78 is 0. The van der Waals surface area contributed by atoms with Gasteiger partial charge in [0, 0.05) is 22.0 Å². The molecule has 0 heterocycles. The van der Waals surface area contributed by atoms with Gasteiger partial charge in [0.1, 0.15) is 0 Å². The van der Waals surface area contributed by atoms with E-state index >= 15 is 0 Å². The molecule has 0 aliphatic rings. The quantitative estimate of drug-likeness (QED) is 0.466. The van der Waals surface area contributed by atoms with E-state index in [4.69, 9.17) is 23.2 Å². The molecule has 0 aliphatic heterocycles. The zero-order valence-corrected chi connectivity index (χ0v) is 10.6. The third-order valence-corrected chi connectivity index (χ3v) is 3.24. The first-order valence-corrected chi connectivity index (χ1v) is 5.80. The van der Waals surface area contributed by atoms with Gasteiger partial charge in [-0.05, 0) is 25.3 Å². The summed E-state index contributed by atoms with van der Waals surface area (Å²) in [6, 6.07) is 4.73. The zero-order valence-electron chi connectivity index (χ0n) is 9.11. The molecule has 0 amide bonds. The Balaban J connectivity index is 2.99. The molecule has 16 heavy (non-hydrogen) atoms. The fourth-order valence-electron chi connectivity index (χ4n) is 1.39. The molecule has 2 atom stereocenters. The third kappa shape index (κ3) is 3.35. The van der Waals surface area contributed by atoms with E-state index in [-0.39, 0.29) is 17.0 Å². The summed E-state index contributed by atoms with van der Waals surface area (Å²) >= 11 is 11.7. The van der Waals surface area contributed by atoms with Gasteiger partial charge in [0.15, 0.2) is 0 Å². The first-order valence-electron chi connectivity index (χ1n) is 4.98. The molecule has 0 N–H and O–H groups in total. The van der Waals surface area contributed by atoms with Crippen molar-refractivity contribution in [3.63, 3.8) is 0 Å². The minimum absolute atomic E-state index is 0.0183. The SMILES string of the molecule is CC(Cl)C(C)Cc1ccc(Cl)cc1[N+](=O)[O-]. The second-order valence-electron chi connectivity index (χ2n) is 3.89. The van der Waals surface area contributed by atoms with Crippen LogP contribution in [0.25, 0.3) is 0 Å². The highest BCUT2D eigenvalue weighted by Crippen LogP contribution is 2.27. The number of benzene rings is 1. The maximum atomic E-state index is 10.8. The van der Waals surface area contributed by atoms with Crippen molar-refractivity contribution in [1.82, 2.24) is 0 Å². The molecule has 0 saturated heterocycles. The fraction of sp³-hybridized carbons (Fsp3) is 0.455. The molecule has 1 aromatic carbocycles. The number of nitrogens with zero attached hydrogens (tertiary/aromatic N) is 1. The van der Waals surface area contributed by atoms with Crippen LogP contribution in [0, 0.1) is 16.0 Å². The molecule has 0 spiro atoms. The average Bonchev–Trinajstić information content (AvgIpc) is 2.20. The van der Waals surface area contributed by atoms with Crippen LogP contribution in [0.2, 0.25) is 5.02 Å². The highest BCUT2D eigenvalue weighted by molar-refractivity contribution is 6.30. The van der Waals surface area contributed by atoms with Crippen molar-refractivity contribution in [1.29, 1.82) is 0 Å². The van der Waals surface area contributed by atoms with E-state index in [2.05, 4.69) is 0 Å². The van der Waals surface area contributed by atoms with Crippen LogP contribution >= 0.6 is 23.2 Å². The van der Waals surface area contributed by atoms with Gasteiger partial charge in [-0.1, -0.05) is 24.6 Å². The van der Waals surface area contributed by atoms with Gasteiger partial charge in [-0.3, -0.25) is 10.1 Å². The molecule has 0 saturated carbocycles. The average molecular weight is 262 g/mol. The molecule has 1 aromatic rings. The van der Waals surface area contributed by atoms with Crippen LogP contribution in [0.3, 0.4) is 0 Å². The zero-order chi connectivity index (χ0) is 12.3. The molecule has 0 fully saturated rings. The number of rotatable bonds is 4. The van der Waals surface area contributed by atoms with Crippen LogP contribution in [0.4, 0.5) is 5.69 Å². The second kappa shape index (κ2) is 5.51. The van der Waals surface area contributed by atoms with Crippen LogP contribution < -0.4 is 0 Å². The number of hydrogen-bond donors (Lipinski definition) is 0. The maximum Gasteiger partial charge on any atom is 0.274 e. The summed E-state index contributed by atoms with van der Waals surface area (Å²) in [5.74, 6) is 0.182. The lowest BCUT2D eigenvalue weighted by Gasteiger charge is -2.13. The fourth-order valence-corrected chi connectivity index (χ4v) is 1.64. The van der Waals surface area contributed by atoms with E-state index in [1.807, 2.05) is 13.8 Å². The third-order valence-electron chi connectivity index (χ3n) is 2.57. The van der Waals surface area contributed by atoms with Crippen LogP contribution in [0.15, 0.2) is 18.2 Å². The van der Waals surface area contributed by atoms with Crippen LogP contribution in [-0.4, -0.2) is 10.3 Å². The Kier molecular flexibility index (Phi) is 4.56. The van der Waals surface area contributed by atoms with E-state index in [0.717, 1.165) is 0 Å². The van der Waals surface area contributed by atoms with Gasteiger partial charge in [0.05, 0.1) is 4.92 Å². The van der Waals surface area contributed by atoms with E-state index < -0.39 is 4.92 Å². The van der Waals surface area contributed by atoms with Gasteiger partial charge in [0.2, 0.25) is 0 Å². The molecule has 0 aliphatic carbocycles. The van der Waals surface area contributed by atoms with Crippen molar-refractivity contribution >= 4 is 28.9 Å². The lowest BCUT2D eigenvalue weighted by atomic mass is 9.97. The number of hydrogen-bond acceptors (Lipinski definition) is 2. The Morgan fingerprint density at radius 2 is 2.06 bits per heavy atom. The summed E-state index contributed by atoms with van der Waals surface area (Å²) in [5, 5.41) is 11.2. The molecule has 88 valence electrons. The molecule has 3 nitrogen and oxygen atoms in total. The van der Waals surface area contributed by atoms with Crippen molar-refractivity contribution in [3.8, 4) is 0 Å². The Labute approximate surface area is 105 Å². The molecular weight excluding hydrogens is 249 g/mol. The summed E-state index contributed by atoms with van der Waals surface area (Å²) in [7, 11) is 0. The van der Waals surface area contributed by atoms with Crippen molar-refractivity contribution in [2.24, 2.45) is 5.92 Å². The van der Waals surface area contributed by atoms with Crippen LogP contribution in [0.1, 0.15) is 19.4 Å². The van der Waals surface area contributed by atoms with E-state index in [0.29, 0.717) is 17.0 Å². The normalized spacial score (nSPS) is 14.5. The van der Waals surface area contributed by atoms with Gasteiger partial charge in [-0.25, -0.2) is 0 Å². The van der Waals surface area contributed by atoms with Gasteiger partial charge in [-0.2, -0.15) is 0 Å². The largest absolute Gasteiger partial charge is 0.274 e. The lowest BCUT2D eigenvalue weighted by Crippen LogP contribution is -2.11. The molecule has 0 radical (unpaired) electrons. The summed E-state index contributed by atoms with van der Waals surface area (Å²) in [6.07, 6.45) is 0.581. The summed E-state index contributed by atoms with van der Waals surface area (Å²) in [6.45, 7) is 3.85. The first-order chi connectivity index (χ1) is 7.41. The van der Waals surface area contributed by atoms with E-state index in [1.165, 1.54) is 6.07 Å². The topological polar surface area (TPSA) is 43.1 Å². The number of halogens is 2. The Hall–Kier alpha value is -0.800. The highest BCUT2D eigenvalue weighted by atomic mass is 35.5. The Bertz CT molecular complexity index is 394. The standard InChI is InChI=1S/C11H13Cl2NO2/c1-7(8(2)12)5-9-3-4-10(13)6-11(9)14(15)16/h3-4,6-8H,5H2,1-2H3. The molecule has 5 heteroatoms. The van der Waals surface area contributed by atoms with Crippen LogP contribution in [0.5, 0.6) is 0 Å². The Morgan fingerprint density at radius 1 is 1.44 bits per heavy atom. The predicted molar refractivity (Wildman–Crippen MR) is 66.3 cm³/mol. The van der Waals surface area contributed by atoms with E-state index in [1.54, 1.807) is 12.1 Å². The van der Waals surface area contributed by atoms with Gasteiger partial charge in [-0.15, -0.1) is 11.6 Å². The molecule has 0 bridgehead atoms. The number of nitro groups is 1. The molecular formula is C11H13Cl2NO2. The minimum atomic E-state index is -0.410. The number of nitro benzene ring substituents is 1. The van der Waals surface area contributed by atoms with Gasteiger partial charge >= 0.3 is 0 Å². The monoisotopic (exact) mass is 261 g/mol. The highest BCUT2D eigenvalue weighted by Gasteiger charge is 2.18. The molecule has 2 unspecified atom stereocenters.